The first-order valence-electron chi connectivity index (χ1n) is 6.08. The highest BCUT2D eigenvalue weighted by atomic mass is 32.2. The molecule has 1 saturated carbocycles. The summed E-state index contributed by atoms with van der Waals surface area (Å²) >= 11 is 0. The molecule has 2 N–H and O–H groups in total. The summed E-state index contributed by atoms with van der Waals surface area (Å²) in [7, 11) is -3.81. The number of nitrogens with one attached hydrogen (secondary N) is 1. The van der Waals surface area contributed by atoms with Gasteiger partial charge in [0.25, 0.3) is 10.0 Å². The molecule has 0 aromatic carbocycles. The molecule has 1 aromatic heterocycles. The Morgan fingerprint density at radius 2 is 2.16 bits per heavy atom. The van der Waals surface area contributed by atoms with Crippen molar-refractivity contribution in [3.05, 3.63) is 17.9 Å². The van der Waals surface area contributed by atoms with Crippen LogP contribution in [0.3, 0.4) is 0 Å². The lowest BCUT2D eigenvalue weighted by Gasteiger charge is -2.27. The van der Waals surface area contributed by atoms with Gasteiger partial charge in [0.1, 0.15) is 0 Å². The Morgan fingerprint density at radius 3 is 2.63 bits per heavy atom. The van der Waals surface area contributed by atoms with Gasteiger partial charge in [0.05, 0.1) is 0 Å². The standard InChI is InChI=1S/C12H17NO5S/c1-12(2)7-3-4-9(12)13-19(16,17)10-6-5-8(18-10)11(14)15/h5-6,9,13H,3-4,7H2,1-2H3,(H,14,15). The van der Waals surface area contributed by atoms with Gasteiger partial charge in [-0.2, -0.15) is 0 Å². The Morgan fingerprint density at radius 1 is 1.47 bits per heavy atom. The predicted octanol–water partition coefficient (Wildman–Crippen LogP) is 1.83. The maximum absolute atomic E-state index is 12.1. The number of furan rings is 1. The van der Waals surface area contributed by atoms with Gasteiger partial charge >= 0.3 is 5.97 Å². The minimum atomic E-state index is -3.81. The molecule has 1 unspecified atom stereocenters. The van der Waals surface area contributed by atoms with E-state index in [-0.39, 0.29) is 22.3 Å². The second kappa shape index (κ2) is 4.64. The molecule has 0 amide bonds. The Labute approximate surface area is 111 Å². The van der Waals surface area contributed by atoms with E-state index in [2.05, 4.69) is 4.72 Å². The van der Waals surface area contributed by atoms with E-state index in [1.165, 1.54) is 0 Å². The fourth-order valence-electron chi connectivity index (χ4n) is 2.37. The zero-order valence-corrected chi connectivity index (χ0v) is 11.7. The number of sulfonamides is 1. The quantitative estimate of drug-likeness (QED) is 0.880. The van der Waals surface area contributed by atoms with Gasteiger partial charge in [-0.25, -0.2) is 17.9 Å². The van der Waals surface area contributed by atoms with E-state index in [0.29, 0.717) is 0 Å². The third-order valence-electron chi connectivity index (χ3n) is 3.61. The lowest BCUT2D eigenvalue weighted by atomic mass is 9.88. The Hall–Kier alpha value is -1.34. The molecule has 2 rings (SSSR count). The maximum atomic E-state index is 12.1. The molecule has 0 bridgehead atoms. The van der Waals surface area contributed by atoms with Crippen LogP contribution in [-0.4, -0.2) is 25.5 Å². The van der Waals surface area contributed by atoms with Gasteiger partial charge in [-0.3, -0.25) is 0 Å². The minimum absolute atomic E-state index is 0.102. The molecular formula is C12H17NO5S. The number of carbonyl (C=O) groups is 1. The Balaban J connectivity index is 2.20. The van der Waals surface area contributed by atoms with Gasteiger partial charge in [0, 0.05) is 6.04 Å². The van der Waals surface area contributed by atoms with Crippen LogP contribution in [0.1, 0.15) is 43.7 Å². The van der Waals surface area contributed by atoms with Crippen molar-refractivity contribution in [2.24, 2.45) is 5.41 Å². The summed E-state index contributed by atoms with van der Waals surface area (Å²) in [6.07, 6.45) is 2.70. The van der Waals surface area contributed by atoms with E-state index in [0.717, 1.165) is 31.4 Å². The summed E-state index contributed by atoms with van der Waals surface area (Å²) in [4.78, 5) is 10.7. The highest BCUT2D eigenvalue weighted by Gasteiger charge is 2.38. The topological polar surface area (TPSA) is 96.6 Å². The molecule has 7 heteroatoms. The zero-order chi connectivity index (χ0) is 14.3. The van der Waals surface area contributed by atoms with Gasteiger partial charge in [-0.1, -0.05) is 20.3 Å². The van der Waals surface area contributed by atoms with Crippen molar-refractivity contribution < 1.29 is 22.7 Å². The van der Waals surface area contributed by atoms with E-state index in [1.54, 1.807) is 0 Å². The summed E-state index contributed by atoms with van der Waals surface area (Å²) in [6, 6.07) is 2.14. The number of aromatic carboxylic acids is 1. The van der Waals surface area contributed by atoms with Crippen LogP contribution in [0, 0.1) is 5.41 Å². The smallest absolute Gasteiger partial charge is 0.371 e. The van der Waals surface area contributed by atoms with Crippen molar-refractivity contribution in [3.8, 4) is 0 Å². The van der Waals surface area contributed by atoms with Crippen molar-refractivity contribution in [2.45, 2.75) is 44.2 Å². The number of carboxylic acids is 1. The first-order chi connectivity index (χ1) is 8.72. The fraction of sp³-hybridized carbons (Fsp3) is 0.583. The highest BCUT2D eigenvalue weighted by molar-refractivity contribution is 7.89. The third-order valence-corrected chi connectivity index (χ3v) is 4.96. The van der Waals surface area contributed by atoms with E-state index >= 15 is 0 Å². The summed E-state index contributed by atoms with van der Waals surface area (Å²) in [6.45, 7) is 4.02. The summed E-state index contributed by atoms with van der Waals surface area (Å²) in [5.74, 6) is -1.67. The van der Waals surface area contributed by atoms with Crippen molar-refractivity contribution in [1.82, 2.24) is 4.72 Å². The highest BCUT2D eigenvalue weighted by Crippen LogP contribution is 2.37. The summed E-state index contributed by atoms with van der Waals surface area (Å²) in [5.41, 5.74) is -0.102. The Bertz CT molecular complexity index is 587. The van der Waals surface area contributed by atoms with E-state index < -0.39 is 16.0 Å². The molecule has 1 atom stereocenters. The van der Waals surface area contributed by atoms with Gasteiger partial charge in [0.15, 0.2) is 0 Å². The van der Waals surface area contributed by atoms with Crippen LogP contribution in [0.5, 0.6) is 0 Å². The zero-order valence-electron chi connectivity index (χ0n) is 10.8. The van der Waals surface area contributed by atoms with E-state index in [4.69, 9.17) is 9.52 Å². The van der Waals surface area contributed by atoms with Crippen LogP contribution in [0.25, 0.3) is 0 Å². The molecular weight excluding hydrogens is 270 g/mol. The fourth-order valence-corrected chi connectivity index (χ4v) is 3.74. The first kappa shape index (κ1) is 14.1. The number of hydrogen-bond donors (Lipinski definition) is 2. The van der Waals surface area contributed by atoms with E-state index in [1.807, 2.05) is 13.8 Å². The molecule has 0 spiro atoms. The largest absolute Gasteiger partial charge is 0.475 e. The second-order valence-corrected chi connectivity index (χ2v) is 7.12. The van der Waals surface area contributed by atoms with Crippen molar-refractivity contribution in [1.29, 1.82) is 0 Å². The van der Waals surface area contributed by atoms with Crippen LogP contribution in [-0.2, 0) is 10.0 Å². The van der Waals surface area contributed by atoms with Crippen LogP contribution in [0.2, 0.25) is 0 Å². The molecule has 0 saturated heterocycles. The number of hydrogen-bond acceptors (Lipinski definition) is 4. The molecule has 6 nitrogen and oxygen atoms in total. The van der Waals surface area contributed by atoms with E-state index in [9.17, 15) is 13.2 Å². The van der Waals surface area contributed by atoms with Gasteiger partial charge < -0.3 is 9.52 Å². The first-order valence-corrected chi connectivity index (χ1v) is 7.56. The normalized spacial score (nSPS) is 22.5. The number of rotatable bonds is 4. The van der Waals surface area contributed by atoms with Gasteiger partial charge in [0.2, 0.25) is 10.9 Å². The summed E-state index contributed by atoms with van der Waals surface area (Å²) in [5, 5.41) is 8.37. The molecule has 1 aliphatic rings. The third kappa shape index (κ3) is 2.82. The molecule has 0 radical (unpaired) electrons. The lowest BCUT2D eigenvalue weighted by molar-refractivity contribution is 0.0656. The average Bonchev–Trinajstić information content (AvgIpc) is 2.86. The molecule has 1 fully saturated rings. The second-order valence-electron chi connectivity index (χ2n) is 5.48. The molecule has 0 aliphatic heterocycles. The Kier molecular flexibility index (Phi) is 3.44. The molecule has 1 heterocycles. The van der Waals surface area contributed by atoms with Crippen LogP contribution >= 0.6 is 0 Å². The predicted molar refractivity (Wildman–Crippen MR) is 67.4 cm³/mol. The molecule has 1 aliphatic carbocycles. The van der Waals surface area contributed by atoms with Crippen LogP contribution in [0.15, 0.2) is 21.6 Å². The maximum Gasteiger partial charge on any atom is 0.371 e. The lowest BCUT2D eigenvalue weighted by Crippen LogP contribution is -2.41. The average molecular weight is 287 g/mol. The van der Waals surface area contributed by atoms with Crippen LogP contribution < -0.4 is 4.72 Å². The number of carboxylic acid groups (broad SMARTS) is 1. The SMILES string of the molecule is CC1(C)CCCC1NS(=O)(=O)c1ccc(C(=O)O)o1. The summed E-state index contributed by atoms with van der Waals surface area (Å²) < 4.78 is 31.7. The van der Waals surface area contributed by atoms with Crippen molar-refractivity contribution in [3.63, 3.8) is 0 Å². The monoisotopic (exact) mass is 287 g/mol. The minimum Gasteiger partial charge on any atom is -0.475 e. The van der Waals surface area contributed by atoms with Crippen molar-refractivity contribution >= 4 is 16.0 Å². The van der Waals surface area contributed by atoms with Crippen molar-refractivity contribution in [2.75, 3.05) is 0 Å². The molecule has 19 heavy (non-hydrogen) atoms. The van der Waals surface area contributed by atoms with Gasteiger partial charge in [-0.15, -0.1) is 0 Å². The molecule has 1 aromatic rings. The van der Waals surface area contributed by atoms with Crippen LogP contribution in [0.4, 0.5) is 0 Å². The van der Waals surface area contributed by atoms with Gasteiger partial charge in [-0.05, 0) is 30.4 Å². The molecule has 106 valence electrons.